The summed E-state index contributed by atoms with van der Waals surface area (Å²) in [6.07, 6.45) is 0. The predicted octanol–water partition coefficient (Wildman–Crippen LogP) is 4.49. The number of aromatic nitrogens is 2. The number of carbonyl (C=O) groups is 2. The van der Waals surface area contributed by atoms with Gasteiger partial charge in [0.15, 0.2) is 0 Å². The van der Waals surface area contributed by atoms with Crippen molar-refractivity contribution in [3.63, 3.8) is 0 Å². The van der Waals surface area contributed by atoms with Gasteiger partial charge in [0.05, 0.1) is 24.2 Å². The summed E-state index contributed by atoms with van der Waals surface area (Å²) in [7, 11) is 1.59. The van der Waals surface area contributed by atoms with Crippen LogP contribution in [-0.4, -0.2) is 34.2 Å². The monoisotopic (exact) mass is 490 g/mol. The maximum absolute atomic E-state index is 14.9. The first-order valence-electron chi connectivity index (χ1n) is 11.0. The van der Waals surface area contributed by atoms with E-state index in [0.717, 1.165) is 10.4 Å². The van der Waals surface area contributed by atoms with Gasteiger partial charge in [0.25, 0.3) is 5.91 Å². The van der Waals surface area contributed by atoms with Crippen molar-refractivity contribution in [2.45, 2.75) is 25.6 Å². The fourth-order valence-corrected chi connectivity index (χ4v) is 4.93. The summed E-state index contributed by atoms with van der Waals surface area (Å²) in [4.78, 5) is 29.5. The van der Waals surface area contributed by atoms with Crippen LogP contribution in [0.1, 0.15) is 23.0 Å². The number of hydrogen-bond acceptors (Lipinski definition) is 5. The topological polar surface area (TPSA) is 76.5 Å². The van der Waals surface area contributed by atoms with Crippen molar-refractivity contribution in [3.05, 3.63) is 89.2 Å². The summed E-state index contributed by atoms with van der Waals surface area (Å²) < 4.78 is 21.6. The van der Waals surface area contributed by atoms with Gasteiger partial charge in [-0.2, -0.15) is 5.10 Å². The lowest BCUT2D eigenvalue weighted by Gasteiger charge is -2.43. The molecule has 1 atom stereocenters. The Morgan fingerprint density at radius 3 is 2.63 bits per heavy atom. The first-order chi connectivity index (χ1) is 16.9. The normalized spacial score (nSPS) is 17.2. The number of methoxy groups -OCH3 is 1. The SMILES string of the molecule is COc1ccc(CNC(=O)C2(C)Cn3nc(-c4cccs4)cc3C(=O)N2c2ccccc2F)cc1. The number of nitrogens with one attached hydrogen (secondary N) is 1. The van der Waals surface area contributed by atoms with Crippen molar-refractivity contribution in [3.8, 4) is 16.3 Å². The molecule has 2 amide bonds. The molecule has 0 bridgehead atoms. The fourth-order valence-electron chi connectivity index (χ4n) is 4.25. The number of halogens is 1. The molecule has 1 aliphatic rings. The van der Waals surface area contributed by atoms with E-state index in [1.165, 1.54) is 28.4 Å². The van der Waals surface area contributed by atoms with Gasteiger partial charge in [-0.1, -0.05) is 30.3 Å². The highest BCUT2D eigenvalue weighted by Crippen LogP contribution is 2.36. The standard InChI is InChI=1S/C26H23FN4O3S/c1-26(25(33)28-15-17-9-11-18(34-2)12-10-17)16-30-22(14-20(29-30)23-8-5-13-35-23)24(32)31(26)21-7-4-3-6-19(21)27/h3-14H,15-16H2,1-2H3,(H,28,33). The van der Waals surface area contributed by atoms with Gasteiger partial charge in [-0.15, -0.1) is 11.3 Å². The zero-order valence-electron chi connectivity index (χ0n) is 19.2. The predicted molar refractivity (Wildman–Crippen MR) is 132 cm³/mol. The molecule has 0 aliphatic carbocycles. The molecule has 4 aromatic rings. The highest BCUT2D eigenvalue weighted by Gasteiger charge is 2.49. The van der Waals surface area contributed by atoms with Crippen molar-refractivity contribution in [2.75, 3.05) is 12.0 Å². The van der Waals surface area contributed by atoms with E-state index in [2.05, 4.69) is 10.4 Å². The van der Waals surface area contributed by atoms with Crippen molar-refractivity contribution in [1.82, 2.24) is 15.1 Å². The second-order valence-corrected chi connectivity index (χ2v) is 9.39. The fraction of sp³-hybridized carbons (Fsp3) is 0.192. The van der Waals surface area contributed by atoms with E-state index in [1.54, 1.807) is 49.0 Å². The number of benzene rings is 2. The summed E-state index contributed by atoms with van der Waals surface area (Å²) in [5.74, 6) is -0.771. The first-order valence-corrected chi connectivity index (χ1v) is 11.9. The van der Waals surface area contributed by atoms with Crippen LogP contribution < -0.4 is 15.0 Å². The number of carbonyl (C=O) groups excluding carboxylic acids is 2. The Balaban J connectivity index is 1.51. The average Bonchev–Trinajstić information content (AvgIpc) is 3.54. The Morgan fingerprint density at radius 2 is 1.94 bits per heavy atom. The van der Waals surface area contributed by atoms with E-state index in [4.69, 9.17) is 4.74 Å². The van der Waals surface area contributed by atoms with Crippen LogP contribution in [0, 0.1) is 5.82 Å². The van der Waals surface area contributed by atoms with Gasteiger partial charge in [0.1, 0.15) is 28.5 Å². The van der Waals surface area contributed by atoms with Crippen LogP contribution in [0.2, 0.25) is 0 Å². The highest BCUT2D eigenvalue weighted by atomic mass is 32.1. The van der Waals surface area contributed by atoms with Crippen LogP contribution in [-0.2, 0) is 17.9 Å². The summed E-state index contributed by atoms with van der Waals surface area (Å²) in [6.45, 7) is 1.95. The number of anilines is 1. The summed E-state index contributed by atoms with van der Waals surface area (Å²) >= 11 is 1.51. The van der Waals surface area contributed by atoms with Crippen molar-refractivity contribution < 1.29 is 18.7 Å². The number of rotatable bonds is 6. The molecule has 35 heavy (non-hydrogen) atoms. The molecular weight excluding hydrogens is 467 g/mol. The van der Waals surface area contributed by atoms with E-state index in [9.17, 15) is 14.0 Å². The van der Waals surface area contributed by atoms with Gasteiger partial charge in [-0.25, -0.2) is 4.39 Å². The Morgan fingerprint density at radius 1 is 1.17 bits per heavy atom. The maximum atomic E-state index is 14.9. The van der Waals surface area contributed by atoms with Gasteiger partial charge in [0.2, 0.25) is 5.91 Å². The maximum Gasteiger partial charge on any atom is 0.277 e. The van der Waals surface area contributed by atoms with E-state index in [1.807, 2.05) is 29.6 Å². The minimum Gasteiger partial charge on any atom is -0.497 e. The lowest BCUT2D eigenvalue weighted by Crippen LogP contribution is -2.64. The van der Waals surface area contributed by atoms with E-state index < -0.39 is 23.2 Å². The molecule has 1 N–H and O–H groups in total. The number of para-hydroxylation sites is 1. The molecule has 1 unspecified atom stereocenters. The van der Waals surface area contributed by atoms with Crippen LogP contribution in [0.15, 0.2) is 72.1 Å². The molecule has 2 aromatic carbocycles. The van der Waals surface area contributed by atoms with Crippen LogP contribution >= 0.6 is 11.3 Å². The van der Waals surface area contributed by atoms with E-state index in [0.29, 0.717) is 17.1 Å². The van der Waals surface area contributed by atoms with E-state index in [-0.39, 0.29) is 18.8 Å². The molecule has 0 radical (unpaired) electrons. The molecule has 0 saturated heterocycles. The minimum absolute atomic E-state index is 0.0460. The van der Waals surface area contributed by atoms with Crippen molar-refractivity contribution >= 4 is 28.8 Å². The molecule has 0 fully saturated rings. The molecule has 9 heteroatoms. The zero-order chi connectivity index (χ0) is 24.6. The molecule has 5 rings (SSSR count). The third kappa shape index (κ3) is 4.08. The first kappa shape index (κ1) is 22.8. The number of ether oxygens (including phenoxy) is 1. The van der Waals surface area contributed by atoms with Gasteiger partial charge in [0, 0.05) is 6.54 Å². The number of hydrogen-bond donors (Lipinski definition) is 1. The van der Waals surface area contributed by atoms with Crippen molar-refractivity contribution in [2.24, 2.45) is 0 Å². The second-order valence-electron chi connectivity index (χ2n) is 8.45. The number of amides is 2. The third-order valence-electron chi connectivity index (χ3n) is 6.12. The van der Waals surface area contributed by atoms with Crippen molar-refractivity contribution in [1.29, 1.82) is 0 Å². The van der Waals surface area contributed by atoms with Gasteiger partial charge >= 0.3 is 0 Å². The molecule has 1 aliphatic heterocycles. The Kier molecular flexibility index (Phi) is 5.86. The Bertz CT molecular complexity index is 1380. The van der Waals surface area contributed by atoms with Gasteiger partial charge in [-0.3, -0.25) is 19.2 Å². The van der Waals surface area contributed by atoms with Crippen LogP contribution in [0.4, 0.5) is 10.1 Å². The molecule has 0 spiro atoms. The molecular formula is C26H23FN4O3S. The average molecular weight is 491 g/mol. The number of nitrogens with zero attached hydrogens (tertiary/aromatic N) is 3. The molecule has 178 valence electrons. The third-order valence-corrected chi connectivity index (χ3v) is 7.01. The summed E-state index contributed by atoms with van der Waals surface area (Å²) in [5, 5.41) is 9.45. The number of thiophene rings is 1. The largest absolute Gasteiger partial charge is 0.497 e. The van der Waals surface area contributed by atoms with Crippen LogP contribution in [0.5, 0.6) is 5.75 Å². The minimum atomic E-state index is -1.42. The molecule has 3 heterocycles. The quantitative estimate of drug-likeness (QED) is 0.432. The van der Waals surface area contributed by atoms with Gasteiger partial charge < -0.3 is 10.1 Å². The summed E-state index contributed by atoms with van der Waals surface area (Å²) in [5.41, 5.74) is 0.431. The smallest absolute Gasteiger partial charge is 0.277 e. The van der Waals surface area contributed by atoms with Crippen LogP contribution in [0.25, 0.3) is 10.6 Å². The van der Waals surface area contributed by atoms with Gasteiger partial charge in [-0.05, 0) is 54.3 Å². The lowest BCUT2D eigenvalue weighted by atomic mass is 9.93. The van der Waals surface area contributed by atoms with Crippen LogP contribution in [0.3, 0.4) is 0 Å². The zero-order valence-corrected chi connectivity index (χ0v) is 20.0. The summed E-state index contributed by atoms with van der Waals surface area (Å²) in [6, 6.07) is 18.8. The molecule has 7 nitrogen and oxygen atoms in total. The molecule has 0 saturated carbocycles. The Labute approximate surface area is 205 Å². The number of fused-ring (bicyclic) bond motifs is 1. The molecule has 2 aromatic heterocycles. The Hall–Kier alpha value is -3.98. The lowest BCUT2D eigenvalue weighted by molar-refractivity contribution is -0.126. The van der Waals surface area contributed by atoms with E-state index >= 15 is 0 Å². The highest BCUT2D eigenvalue weighted by molar-refractivity contribution is 7.13. The second kappa shape index (κ2) is 8.99.